The van der Waals surface area contributed by atoms with Crippen molar-refractivity contribution in [2.45, 2.75) is 19.3 Å². The van der Waals surface area contributed by atoms with E-state index in [2.05, 4.69) is 0 Å². The van der Waals surface area contributed by atoms with Gasteiger partial charge in [0.15, 0.2) is 11.5 Å². The van der Waals surface area contributed by atoms with Gasteiger partial charge in [0.25, 0.3) is 5.91 Å². The quantitative estimate of drug-likeness (QED) is 0.762. The van der Waals surface area contributed by atoms with Gasteiger partial charge in [-0.05, 0) is 42.7 Å². The first-order valence-corrected chi connectivity index (χ1v) is 8.71. The van der Waals surface area contributed by atoms with E-state index in [4.69, 9.17) is 21.1 Å². The standard InChI is InChI=1S/C19H17ClFNO3/c20-15-9-13(10-17-18(15)25-8-2-7-24-17)19(23)22-6-1-3-12-4-5-14(21)11-16(12)22/h4-5,9-11H,1-3,6-8H2. The van der Waals surface area contributed by atoms with Crippen molar-refractivity contribution in [2.24, 2.45) is 0 Å². The summed E-state index contributed by atoms with van der Waals surface area (Å²) in [5.74, 6) is 0.380. The van der Waals surface area contributed by atoms with E-state index in [0.717, 1.165) is 24.8 Å². The number of amides is 1. The van der Waals surface area contributed by atoms with Gasteiger partial charge < -0.3 is 14.4 Å². The Balaban J connectivity index is 1.72. The van der Waals surface area contributed by atoms with Crippen molar-refractivity contribution in [2.75, 3.05) is 24.7 Å². The van der Waals surface area contributed by atoms with Crippen molar-refractivity contribution in [3.05, 3.63) is 52.3 Å². The molecule has 0 fully saturated rings. The van der Waals surface area contributed by atoms with Crippen molar-refractivity contribution >= 4 is 23.2 Å². The lowest BCUT2D eigenvalue weighted by Crippen LogP contribution is -2.35. The summed E-state index contributed by atoms with van der Waals surface area (Å²) in [7, 11) is 0. The minimum atomic E-state index is -0.352. The van der Waals surface area contributed by atoms with Crippen LogP contribution in [0.25, 0.3) is 0 Å². The Labute approximate surface area is 150 Å². The van der Waals surface area contributed by atoms with Crippen molar-refractivity contribution in [1.29, 1.82) is 0 Å². The van der Waals surface area contributed by atoms with Crippen LogP contribution in [0.15, 0.2) is 30.3 Å². The third-order valence-electron chi connectivity index (χ3n) is 4.46. The van der Waals surface area contributed by atoms with E-state index in [-0.39, 0.29) is 11.7 Å². The topological polar surface area (TPSA) is 38.8 Å². The highest BCUT2D eigenvalue weighted by molar-refractivity contribution is 6.32. The Morgan fingerprint density at radius 3 is 2.84 bits per heavy atom. The van der Waals surface area contributed by atoms with Gasteiger partial charge in [-0.1, -0.05) is 17.7 Å². The smallest absolute Gasteiger partial charge is 0.258 e. The fourth-order valence-electron chi connectivity index (χ4n) is 3.27. The molecule has 4 nitrogen and oxygen atoms in total. The number of aryl methyl sites for hydroxylation is 1. The minimum Gasteiger partial charge on any atom is -0.489 e. The lowest BCUT2D eigenvalue weighted by molar-refractivity contribution is 0.0984. The second-order valence-corrected chi connectivity index (χ2v) is 6.58. The third kappa shape index (κ3) is 3.04. The number of carbonyl (C=O) groups is 1. The van der Waals surface area contributed by atoms with Crippen molar-refractivity contribution in [1.82, 2.24) is 0 Å². The van der Waals surface area contributed by atoms with Crippen LogP contribution in [-0.2, 0) is 6.42 Å². The molecule has 0 atom stereocenters. The lowest BCUT2D eigenvalue weighted by atomic mass is 10.0. The average Bonchev–Trinajstić information content (AvgIpc) is 2.86. The maximum atomic E-state index is 13.7. The summed E-state index contributed by atoms with van der Waals surface area (Å²) >= 11 is 6.29. The molecular weight excluding hydrogens is 345 g/mol. The van der Waals surface area contributed by atoms with Crippen LogP contribution in [0.5, 0.6) is 11.5 Å². The van der Waals surface area contributed by atoms with E-state index in [1.54, 1.807) is 23.1 Å². The van der Waals surface area contributed by atoms with Gasteiger partial charge >= 0.3 is 0 Å². The first kappa shape index (κ1) is 16.2. The monoisotopic (exact) mass is 361 g/mol. The van der Waals surface area contributed by atoms with Crippen LogP contribution in [0.2, 0.25) is 5.02 Å². The number of fused-ring (bicyclic) bond motifs is 2. The highest BCUT2D eigenvalue weighted by Gasteiger charge is 2.26. The number of ether oxygens (including phenoxy) is 2. The average molecular weight is 362 g/mol. The molecule has 2 aliphatic rings. The predicted molar refractivity (Wildman–Crippen MR) is 93.5 cm³/mol. The zero-order valence-electron chi connectivity index (χ0n) is 13.6. The number of carbonyl (C=O) groups excluding carboxylic acids is 1. The molecular formula is C19H17ClFNO3. The van der Waals surface area contributed by atoms with Crippen molar-refractivity contribution in [3.8, 4) is 11.5 Å². The SMILES string of the molecule is O=C(c1cc(Cl)c2c(c1)OCCCO2)N1CCCc2ccc(F)cc21. The van der Waals surface area contributed by atoms with E-state index in [9.17, 15) is 9.18 Å². The molecule has 4 rings (SSSR count). The molecule has 0 radical (unpaired) electrons. The Kier molecular flexibility index (Phi) is 4.25. The summed E-state index contributed by atoms with van der Waals surface area (Å²) in [6.45, 7) is 1.58. The number of nitrogens with zero attached hydrogens (tertiary/aromatic N) is 1. The summed E-state index contributed by atoms with van der Waals surface area (Å²) in [6.07, 6.45) is 2.43. The fourth-order valence-corrected chi connectivity index (χ4v) is 3.53. The first-order valence-electron chi connectivity index (χ1n) is 8.33. The van der Waals surface area contributed by atoms with Crippen LogP contribution in [0, 0.1) is 5.82 Å². The summed E-state index contributed by atoms with van der Waals surface area (Å²) in [5, 5.41) is 0.347. The Morgan fingerprint density at radius 1 is 1.12 bits per heavy atom. The summed E-state index contributed by atoms with van der Waals surface area (Å²) < 4.78 is 24.9. The lowest BCUT2D eigenvalue weighted by Gasteiger charge is -2.29. The van der Waals surface area contributed by atoms with Crippen molar-refractivity contribution in [3.63, 3.8) is 0 Å². The summed E-state index contributed by atoms with van der Waals surface area (Å²) in [5.41, 5.74) is 2.01. The fraction of sp³-hybridized carbons (Fsp3) is 0.316. The summed E-state index contributed by atoms with van der Waals surface area (Å²) in [4.78, 5) is 14.7. The van der Waals surface area contributed by atoms with E-state index in [1.165, 1.54) is 12.1 Å². The van der Waals surface area contributed by atoms with Gasteiger partial charge in [-0.3, -0.25) is 4.79 Å². The largest absolute Gasteiger partial charge is 0.489 e. The summed E-state index contributed by atoms with van der Waals surface area (Å²) in [6, 6.07) is 7.83. The molecule has 25 heavy (non-hydrogen) atoms. The van der Waals surface area contributed by atoms with Gasteiger partial charge in [0.2, 0.25) is 0 Å². The molecule has 0 aliphatic carbocycles. The van der Waals surface area contributed by atoms with Crippen LogP contribution in [-0.4, -0.2) is 25.7 Å². The maximum absolute atomic E-state index is 13.7. The van der Waals surface area contributed by atoms with Gasteiger partial charge in [0.05, 0.1) is 23.9 Å². The Morgan fingerprint density at radius 2 is 1.96 bits per heavy atom. The van der Waals surface area contributed by atoms with Gasteiger partial charge in [0.1, 0.15) is 5.82 Å². The molecule has 0 bridgehead atoms. The molecule has 6 heteroatoms. The van der Waals surface area contributed by atoms with Gasteiger partial charge in [-0.15, -0.1) is 0 Å². The first-order chi connectivity index (χ1) is 12.1. The molecule has 2 aromatic carbocycles. The molecule has 130 valence electrons. The second-order valence-electron chi connectivity index (χ2n) is 6.17. The molecule has 2 aromatic rings. The van der Waals surface area contributed by atoms with Gasteiger partial charge in [-0.2, -0.15) is 0 Å². The van der Waals surface area contributed by atoms with Gasteiger partial charge in [-0.25, -0.2) is 4.39 Å². The third-order valence-corrected chi connectivity index (χ3v) is 4.74. The van der Waals surface area contributed by atoms with Crippen LogP contribution >= 0.6 is 11.6 Å². The van der Waals surface area contributed by atoms with E-state index in [1.807, 2.05) is 0 Å². The number of anilines is 1. The number of benzene rings is 2. The number of rotatable bonds is 1. The molecule has 2 aliphatic heterocycles. The Hall–Kier alpha value is -2.27. The molecule has 0 unspecified atom stereocenters. The molecule has 2 heterocycles. The molecule has 0 N–H and O–H groups in total. The molecule has 0 spiro atoms. The molecule has 0 saturated heterocycles. The molecule has 0 aromatic heterocycles. The molecule has 1 amide bonds. The van der Waals surface area contributed by atoms with Gasteiger partial charge in [0, 0.05) is 18.5 Å². The number of hydrogen-bond donors (Lipinski definition) is 0. The normalized spacial score (nSPS) is 16.2. The van der Waals surface area contributed by atoms with E-state index in [0.29, 0.717) is 47.5 Å². The van der Waals surface area contributed by atoms with E-state index >= 15 is 0 Å². The van der Waals surface area contributed by atoms with Crippen LogP contribution < -0.4 is 14.4 Å². The van der Waals surface area contributed by atoms with E-state index < -0.39 is 0 Å². The number of halogens is 2. The zero-order valence-corrected chi connectivity index (χ0v) is 14.3. The predicted octanol–water partition coefficient (Wildman–Crippen LogP) is 4.23. The highest BCUT2D eigenvalue weighted by Crippen LogP contribution is 2.39. The highest BCUT2D eigenvalue weighted by atomic mass is 35.5. The second kappa shape index (κ2) is 6.56. The minimum absolute atomic E-state index is 0.218. The molecule has 0 saturated carbocycles. The maximum Gasteiger partial charge on any atom is 0.258 e. The zero-order chi connectivity index (χ0) is 17.4. The Bertz CT molecular complexity index is 840. The number of hydrogen-bond acceptors (Lipinski definition) is 3. The van der Waals surface area contributed by atoms with Crippen molar-refractivity contribution < 1.29 is 18.7 Å². The van der Waals surface area contributed by atoms with Crippen LogP contribution in [0.1, 0.15) is 28.8 Å². The van der Waals surface area contributed by atoms with Crippen LogP contribution in [0.4, 0.5) is 10.1 Å². The van der Waals surface area contributed by atoms with Crippen LogP contribution in [0.3, 0.4) is 0 Å².